The summed E-state index contributed by atoms with van der Waals surface area (Å²) in [4.78, 5) is 4.53. The third-order valence-electron chi connectivity index (χ3n) is 3.50. The Hall–Kier alpha value is -0.770. The van der Waals surface area contributed by atoms with Crippen molar-refractivity contribution in [3.8, 4) is 0 Å². The first kappa shape index (κ1) is 12.3. The predicted molar refractivity (Wildman–Crippen MR) is 73.2 cm³/mol. The highest BCUT2D eigenvalue weighted by Gasteiger charge is 2.33. The standard InChI is InChI=1S/C13H14Cl2N2O/c1-13(4-2-3-5-16-13)12-17-10-7-8(14)6-9(15)11(10)18-12/h6-7,16H,2-5H2,1H3. The van der Waals surface area contributed by atoms with Crippen molar-refractivity contribution < 1.29 is 4.42 Å². The van der Waals surface area contributed by atoms with E-state index in [0.717, 1.165) is 18.5 Å². The predicted octanol–water partition coefficient (Wildman–Crippen LogP) is 4.12. The Kier molecular flexibility index (Phi) is 3.00. The van der Waals surface area contributed by atoms with E-state index in [0.29, 0.717) is 21.5 Å². The van der Waals surface area contributed by atoms with Gasteiger partial charge in [-0.25, -0.2) is 4.98 Å². The number of hydrogen-bond donors (Lipinski definition) is 1. The number of halogens is 2. The SMILES string of the molecule is CC1(c2nc3cc(Cl)cc(Cl)c3o2)CCCCN1. The molecule has 0 bridgehead atoms. The van der Waals surface area contributed by atoms with Gasteiger partial charge in [-0.05, 0) is 44.9 Å². The monoisotopic (exact) mass is 284 g/mol. The molecule has 0 radical (unpaired) electrons. The highest BCUT2D eigenvalue weighted by Crippen LogP contribution is 2.34. The van der Waals surface area contributed by atoms with Crippen molar-refractivity contribution in [1.82, 2.24) is 10.3 Å². The zero-order chi connectivity index (χ0) is 12.8. The van der Waals surface area contributed by atoms with Crippen molar-refractivity contribution in [2.45, 2.75) is 31.7 Å². The average molecular weight is 285 g/mol. The van der Waals surface area contributed by atoms with Crippen LogP contribution in [-0.2, 0) is 5.54 Å². The molecule has 1 aromatic carbocycles. The highest BCUT2D eigenvalue weighted by atomic mass is 35.5. The third-order valence-corrected chi connectivity index (χ3v) is 4.00. The normalized spacial score (nSPS) is 24.6. The van der Waals surface area contributed by atoms with Crippen molar-refractivity contribution in [2.24, 2.45) is 0 Å². The second-order valence-electron chi connectivity index (χ2n) is 4.97. The van der Waals surface area contributed by atoms with Gasteiger partial charge in [-0.15, -0.1) is 0 Å². The van der Waals surface area contributed by atoms with Crippen molar-refractivity contribution in [2.75, 3.05) is 6.54 Å². The van der Waals surface area contributed by atoms with Crippen LogP contribution in [0.5, 0.6) is 0 Å². The number of rotatable bonds is 1. The molecule has 0 spiro atoms. The molecule has 0 saturated carbocycles. The molecular formula is C13H14Cl2N2O. The molecule has 0 aliphatic carbocycles. The van der Waals surface area contributed by atoms with Gasteiger partial charge in [0.2, 0.25) is 5.89 Å². The summed E-state index contributed by atoms with van der Waals surface area (Å²) in [6.07, 6.45) is 3.39. The lowest BCUT2D eigenvalue weighted by molar-refractivity contribution is 0.232. The summed E-state index contributed by atoms with van der Waals surface area (Å²) in [5, 5.41) is 4.56. The van der Waals surface area contributed by atoms with E-state index >= 15 is 0 Å². The first-order valence-electron chi connectivity index (χ1n) is 6.10. The van der Waals surface area contributed by atoms with Crippen molar-refractivity contribution in [1.29, 1.82) is 0 Å². The molecule has 1 aliphatic heterocycles. The molecule has 1 N–H and O–H groups in total. The topological polar surface area (TPSA) is 38.1 Å². The van der Waals surface area contributed by atoms with E-state index in [9.17, 15) is 0 Å². The smallest absolute Gasteiger partial charge is 0.215 e. The van der Waals surface area contributed by atoms with Crippen LogP contribution in [0.3, 0.4) is 0 Å². The minimum atomic E-state index is -0.201. The fourth-order valence-electron chi connectivity index (χ4n) is 2.43. The van der Waals surface area contributed by atoms with Crippen LogP contribution >= 0.6 is 23.2 Å². The Labute approximate surface area is 115 Å². The van der Waals surface area contributed by atoms with Gasteiger partial charge in [0.15, 0.2) is 5.58 Å². The van der Waals surface area contributed by atoms with E-state index in [-0.39, 0.29) is 5.54 Å². The maximum Gasteiger partial charge on any atom is 0.215 e. The molecule has 96 valence electrons. The molecule has 18 heavy (non-hydrogen) atoms. The molecule has 1 aromatic heterocycles. The summed E-state index contributed by atoms with van der Waals surface area (Å²) in [6, 6.07) is 3.46. The van der Waals surface area contributed by atoms with E-state index in [4.69, 9.17) is 27.6 Å². The molecule has 5 heteroatoms. The summed E-state index contributed by atoms with van der Waals surface area (Å²) in [7, 11) is 0. The van der Waals surface area contributed by atoms with Gasteiger partial charge in [0.1, 0.15) is 5.52 Å². The summed E-state index contributed by atoms with van der Waals surface area (Å²) in [5.41, 5.74) is 1.13. The van der Waals surface area contributed by atoms with Gasteiger partial charge in [-0.3, -0.25) is 0 Å². The van der Waals surface area contributed by atoms with Gasteiger partial charge in [-0.2, -0.15) is 0 Å². The number of hydrogen-bond acceptors (Lipinski definition) is 3. The summed E-state index contributed by atoms with van der Waals surface area (Å²) in [6.45, 7) is 3.11. The largest absolute Gasteiger partial charge is 0.437 e. The minimum Gasteiger partial charge on any atom is -0.437 e. The molecule has 1 atom stereocenters. The van der Waals surface area contributed by atoms with Crippen LogP contribution in [0.15, 0.2) is 16.5 Å². The number of fused-ring (bicyclic) bond motifs is 1. The molecule has 3 rings (SSSR count). The second-order valence-corrected chi connectivity index (χ2v) is 5.81. The average Bonchev–Trinajstić information content (AvgIpc) is 2.74. The maximum atomic E-state index is 6.12. The Bertz CT molecular complexity index is 588. The number of piperidine rings is 1. The molecule has 2 heterocycles. The summed E-state index contributed by atoms with van der Waals surface area (Å²) >= 11 is 12.1. The van der Waals surface area contributed by atoms with Gasteiger partial charge in [0.05, 0.1) is 10.6 Å². The molecule has 1 saturated heterocycles. The maximum absolute atomic E-state index is 6.12. The number of aromatic nitrogens is 1. The van der Waals surface area contributed by atoms with E-state index in [1.54, 1.807) is 12.1 Å². The Morgan fingerprint density at radius 3 is 2.89 bits per heavy atom. The van der Waals surface area contributed by atoms with Crippen molar-refractivity contribution >= 4 is 34.3 Å². The Morgan fingerprint density at radius 1 is 1.33 bits per heavy atom. The second kappa shape index (κ2) is 4.41. The lowest BCUT2D eigenvalue weighted by Gasteiger charge is -2.31. The number of nitrogens with one attached hydrogen (secondary N) is 1. The zero-order valence-electron chi connectivity index (χ0n) is 10.1. The molecule has 1 aliphatic rings. The Morgan fingerprint density at radius 2 is 2.17 bits per heavy atom. The third kappa shape index (κ3) is 2.00. The fraction of sp³-hybridized carbons (Fsp3) is 0.462. The van der Waals surface area contributed by atoms with Crippen LogP contribution in [0.25, 0.3) is 11.1 Å². The van der Waals surface area contributed by atoms with Crippen LogP contribution in [0.2, 0.25) is 10.0 Å². The molecule has 1 fully saturated rings. The van der Waals surface area contributed by atoms with E-state index < -0.39 is 0 Å². The van der Waals surface area contributed by atoms with E-state index in [2.05, 4.69) is 17.2 Å². The van der Waals surface area contributed by atoms with Crippen LogP contribution in [0.1, 0.15) is 32.1 Å². The zero-order valence-corrected chi connectivity index (χ0v) is 11.6. The van der Waals surface area contributed by atoms with Crippen molar-refractivity contribution in [3.63, 3.8) is 0 Å². The quantitative estimate of drug-likeness (QED) is 0.856. The van der Waals surface area contributed by atoms with E-state index in [1.807, 2.05) is 0 Å². The minimum absolute atomic E-state index is 0.201. The fourth-order valence-corrected chi connectivity index (χ4v) is 2.96. The van der Waals surface area contributed by atoms with Crippen LogP contribution in [0, 0.1) is 0 Å². The first-order valence-corrected chi connectivity index (χ1v) is 6.85. The van der Waals surface area contributed by atoms with Gasteiger partial charge >= 0.3 is 0 Å². The molecule has 2 aromatic rings. The number of benzene rings is 1. The van der Waals surface area contributed by atoms with Crippen LogP contribution < -0.4 is 5.32 Å². The number of nitrogens with zero attached hydrogens (tertiary/aromatic N) is 1. The van der Waals surface area contributed by atoms with Crippen LogP contribution in [0.4, 0.5) is 0 Å². The molecule has 0 amide bonds. The molecule has 1 unspecified atom stereocenters. The Balaban J connectivity index is 2.10. The van der Waals surface area contributed by atoms with Gasteiger partial charge in [-0.1, -0.05) is 23.2 Å². The number of oxazole rings is 1. The van der Waals surface area contributed by atoms with Gasteiger partial charge in [0, 0.05) is 5.02 Å². The summed E-state index contributed by atoms with van der Waals surface area (Å²) in [5.74, 6) is 0.696. The lowest BCUT2D eigenvalue weighted by atomic mass is 9.91. The van der Waals surface area contributed by atoms with Gasteiger partial charge < -0.3 is 9.73 Å². The van der Waals surface area contributed by atoms with Crippen LogP contribution in [-0.4, -0.2) is 11.5 Å². The van der Waals surface area contributed by atoms with Gasteiger partial charge in [0.25, 0.3) is 0 Å². The first-order chi connectivity index (χ1) is 8.58. The van der Waals surface area contributed by atoms with Crippen molar-refractivity contribution in [3.05, 3.63) is 28.1 Å². The highest BCUT2D eigenvalue weighted by molar-refractivity contribution is 6.37. The van der Waals surface area contributed by atoms with E-state index in [1.165, 1.54) is 12.8 Å². The lowest BCUT2D eigenvalue weighted by Crippen LogP contribution is -2.43. The summed E-state index contributed by atoms with van der Waals surface area (Å²) < 4.78 is 5.83. The molecular weight excluding hydrogens is 271 g/mol. The molecule has 3 nitrogen and oxygen atoms in total.